The van der Waals surface area contributed by atoms with Gasteiger partial charge in [-0.25, -0.2) is 0 Å². The number of thioether (sulfide) groups is 1. The van der Waals surface area contributed by atoms with Crippen molar-refractivity contribution in [3.8, 4) is 0 Å². The molecule has 1 aliphatic rings. The number of carbonyl (C=O) groups excluding carboxylic acids is 1. The van der Waals surface area contributed by atoms with E-state index in [0.717, 1.165) is 11.4 Å². The molecule has 1 heterocycles. The number of hydrogen-bond acceptors (Lipinski definition) is 3. The molecule has 0 aliphatic carbocycles. The third-order valence-electron chi connectivity index (χ3n) is 3.77. The first kappa shape index (κ1) is 16.0. The standard InChI is InChI=1S/C14H18Cl2N2OS/c1-8-9(2)18(5-4-17-8)14(19)10-6-13(20-3)12(16)7-11(10)15/h6-9,17H,4-5H2,1-3H3. The summed E-state index contributed by atoms with van der Waals surface area (Å²) < 4.78 is 0. The zero-order valence-corrected chi connectivity index (χ0v) is 14.1. The van der Waals surface area contributed by atoms with Crippen LogP contribution in [0.5, 0.6) is 0 Å². The summed E-state index contributed by atoms with van der Waals surface area (Å²) in [6.45, 7) is 5.63. The predicted molar refractivity (Wildman–Crippen MR) is 86.2 cm³/mol. The van der Waals surface area contributed by atoms with E-state index in [1.807, 2.05) is 18.1 Å². The summed E-state index contributed by atoms with van der Waals surface area (Å²) >= 11 is 13.8. The van der Waals surface area contributed by atoms with Crippen LogP contribution in [0.2, 0.25) is 10.0 Å². The van der Waals surface area contributed by atoms with Crippen LogP contribution in [0.4, 0.5) is 0 Å². The Morgan fingerprint density at radius 3 is 2.70 bits per heavy atom. The topological polar surface area (TPSA) is 32.3 Å². The van der Waals surface area contributed by atoms with Crippen molar-refractivity contribution < 1.29 is 4.79 Å². The van der Waals surface area contributed by atoms with E-state index in [2.05, 4.69) is 12.2 Å². The normalized spacial score (nSPS) is 22.9. The van der Waals surface area contributed by atoms with Crippen LogP contribution in [-0.2, 0) is 0 Å². The fraction of sp³-hybridized carbons (Fsp3) is 0.500. The van der Waals surface area contributed by atoms with Crippen LogP contribution >= 0.6 is 35.0 Å². The lowest BCUT2D eigenvalue weighted by Gasteiger charge is -2.38. The molecule has 1 aliphatic heterocycles. The first-order chi connectivity index (χ1) is 9.45. The fourth-order valence-corrected chi connectivity index (χ4v) is 3.53. The van der Waals surface area contributed by atoms with Crippen LogP contribution in [0.15, 0.2) is 17.0 Å². The Labute approximate surface area is 134 Å². The molecule has 1 saturated heterocycles. The molecule has 1 aromatic rings. The van der Waals surface area contributed by atoms with Crippen molar-refractivity contribution >= 4 is 40.9 Å². The number of hydrogen-bond donors (Lipinski definition) is 1. The van der Waals surface area contributed by atoms with Crippen LogP contribution in [0.3, 0.4) is 0 Å². The van der Waals surface area contributed by atoms with E-state index in [0.29, 0.717) is 22.2 Å². The smallest absolute Gasteiger partial charge is 0.255 e. The van der Waals surface area contributed by atoms with Crippen LogP contribution in [0.25, 0.3) is 0 Å². The molecule has 0 saturated carbocycles. The number of carbonyl (C=O) groups is 1. The fourth-order valence-electron chi connectivity index (χ4n) is 2.35. The third kappa shape index (κ3) is 3.08. The minimum atomic E-state index is -0.0252. The van der Waals surface area contributed by atoms with E-state index < -0.39 is 0 Å². The summed E-state index contributed by atoms with van der Waals surface area (Å²) in [5.41, 5.74) is 0.529. The molecule has 2 atom stereocenters. The number of halogens is 2. The van der Waals surface area contributed by atoms with E-state index in [4.69, 9.17) is 23.2 Å². The van der Waals surface area contributed by atoms with E-state index in [9.17, 15) is 4.79 Å². The Morgan fingerprint density at radius 1 is 1.35 bits per heavy atom. The van der Waals surface area contributed by atoms with Gasteiger partial charge in [0.25, 0.3) is 5.91 Å². The summed E-state index contributed by atoms with van der Waals surface area (Å²) in [7, 11) is 0. The second-order valence-electron chi connectivity index (χ2n) is 4.95. The molecule has 3 nitrogen and oxygen atoms in total. The van der Waals surface area contributed by atoms with Gasteiger partial charge in [0.05, 0.1) is 15.6 Å². The molecule has 2 rings (SSSR count). The van der Waals surface area contributed by atoms with Crippen molar-refractivity contribution in [2.24, 2.45) is 0 Å². The van der Waals surface area contributed by atoms with Crippen LogP contribution < -0.4 is 5.32 Å². The second-order valence-corrected chi connectivity index (χ2v) is 6.61. The molecule has 1 aromatic carbocycles. The van der Waals surface area contributed by atoms with Crippen molar-refractivity contribution in [1.29, 1.82) is 0 Å². The van der Waals surface area contributed by atoms with Gasteiger partial charge >= 0.3 is 0 Å². The number of amides is 1. The molecule has 0 spiro atoms. The Balaban J connectivity index is 2.33. The lowest BCUT2D eigenvalue weighted by Crippen LogP contribution is -2.57. The lowest BCUT2D eigenvalue weighted by molar-refractivity contribution is 0.0603. The lowest BCUT2D eigenvalue weighted by atomic mass is 10.1. The van der Waals surface area contributed by atoms with Gasteiger partial charge < -0.3 is 10.2 Å². The first-order valence-corrected chi connectivity index (χ1v) is 8.51. The molecule has 1 fully saturated rings. The van der Waals surface area contributed by atoms with Crippen LogP contribution in [0, 0.1) is 0 Å². The van der Waals surface area contributed by atoms with Gasteiger partial charge in [0.1, 0.15) is 0 Å². The Hall–Kier alpha value is -0.420. The summed E-state index contributed by atoms with van der Waals surface area (Å²) in [6.07, 6.45) is 1.93. The van der Waals surface area contributed by atoms with E-state index in [1.165, 1.54) is 11.8 Å². The molecule has 20 heavy (non-hydrogen) atoms. The van der Waals surface area contributed by atoms with Crippen molar-refractivity contribution in [1.82, 2.24) is 10.2 Å². The molecular weight excluding hydrogens is 315 g/mol. The van der Waals surface area contributed by atoms with Gasteiger partial charge in [0.2, 0.25) is 0 Å². The van der Waals surface area contributed by atoms with Crippen molar-refractivity contribution in [2.45, 2.75) is 30.8 Å². The zero-order chi connectivity index (χ0) is 14.9. The maximum absolute atomic E-state index is 12.7. The van der Waals surface area contributed by atoms with Gasteiger partial charge in [-0.05, 0) is 32.2 Å². The van der Waals surface area contributed by atoms with E-state index >= 15 is 0 Å². The van der Waals surface area contributed by atoms with Gasteiger partial charge in [-0.2, -0.15) is 0 Å². The average Bonchev–Trinajstić information content (AvgIpc) is 2.41. The SMILES string of the molecule is CSc1cc(C(=O)N2CCNC(C)C2C)c(Cl)cc1Cl. The molecular formula is C14H18Cl2N2OS. The van der Waals surface area contributed by atoms with Gasteiger partial charge in [-0.3, -0.25) is 4.79 Å². The highest BCUT2D eigenvalue weighted by Crippen LogP contribution is 2.32. The van der Waals surface area contributed by atoms with E-state index in [1.54, 1.807) is 12.1 Å². The summed E-state index contributed by atoms with van der Waals surface area (Å²) in [5.74, 6) is -0.0252. The number of benzene rings is 1. The monoisotopic (exact) mass is 332 g/mol. The summed E-state index contributed by atoms with van der Waals surface area (Å²) in [4.78, 5) is 15.5. The second kappa shape index (κ2) is 6.56. The Morgan fingerprint density at radius 2 is 2.05 bits per heavy atom. The Bertz CT molecular complexity index is 524. The number of nitrogens with one attached hydrogen (secondary N) is 1. The number of piperazine rings is 1. The van der Waals surface area contributed by atoms with Crippen LogP contribution in [0.1, 0.15) is 24.2 Å². The minimum Gasteiger partial charge on any atom is -0.333 e. The molecule has 0 radical (unpaired) electrons. The van der Waals surface area contributed by atoms with Crippen molar-refractivity contribution in [2.75, 3.05) is 19.3 Å². The molecule has 1 N–H and O–H groups in total. The summed E-state index contributed by atoms with van der Waals surface area (Å²) in [6, 6.07) is 3.86. The Kier molecular flexibility index (Phi) is 5.24. The van der Waals surface area contributed by atoms with E-state index in [-0.39, 0.29) is 18.0 Å². The van der Waals surface area contributed by atoms with Gasteiger partial charge in [-0.1, -0.05) is 23.2 Å². The third-order valence-corrected chi connectivity index (χ3v) is 5.28. The highest BCUT2D eigenvalue weighted by molar-refractivity contribution is 7.98. The highest BCUT2D eigenvalue weighted by Gasteiger charge is 2.30. The van der Waals surface area contributed by atoms with Gasteiger partial charge in [-0.15, -0.1) is 11.8 Å². The largest absolute Gasteiger partial charge is 0.333 e. The molecule has 110 valence electrons. The average molecular weight is 333 g/mol. The van der Waals surface area contributed by atoms with Gasteiger partial charge in [0.15, 0.2) is 0 Å². The van der Waals surface area contributed by atoms with Crippen molar-refractivity contribution in [3.63, 3.8) is 0 Å². The molecule has 2 unspecified atom stereocenters. The summed E-state index contributed by atoms with van der Waals surface area (Å²) in [5, 5.41) is 4.36. The van der Waals surface area contributed by atoms with Crippen molar-refractivity contribution in [3.05, 3.63) is 27.7 Å². The predicted octanol–water partition coefficient (Wildman–Crippen LogP) is 3.54. The molecule has 6 heteroatoms. The highest BCUT2D eigenvalue weighted by atomic mass is 35.5. The maximum atomic E-state index is 12.7. The van der Waals surface area contributed by atoms with Crippen LogP contribution in [-0.4, -0.2) is 42.2 Å². The minimum absolute atomic E-state index is 0.0252. The molecule has 0 bridgehead atoms. The zero-order valence-electron chi connectivity index (χ0n) is 11.7. The quantitative estimate of drug-likeness (QED) is 0.841. The molecule has 0 aromatic heterocycles. The number of rotatable bonds is 2. The molecule has 1 amide bonds. The maximum Gasteiger partial charge on any atom is 0.255 e. The van der Waals surface area contributed by atoms with Gasteiger partial charge in [0, 0.05) is 30.1 Å². The first-order valence-electron chi connectivity index (χ1n) is 6.53. The number of nitrogens with zero attached hydrogens (tertiary/aromatic N) is 1.